The Balaban J connectivity index is 1.93. The van der Waals surface area contributed by atoms with Crippen LogP contribution in [-0.2, 0) is 4.79 Å². The number of hydrogen-bond acceptors (Lipinski definition) is 4. The predicted molar refractivity (Wildman–Crippen MR) is 75.4 cm³/mol. The molecule has 21 heavy (non-hydrogen) atoms. The summed E-state index contributed by atoms with van der Waals surface area (Å²) in [5.41, 5.74) is 1.06. The molecule has 0 spiro atoms. The lowest BCUT2D eigenvalue weighted by molar-refractivity contribution is -0.117. The van der Waals surface area contributed by atoms with Crippen LogP contribution < -0.4 is 10.6 Å². The van der Waals surface area contributed by atoms with Crippen molar-refractivity contribution in [1.82, 2.24) is 5.32 Å². The van der Waals surface area contributed by atoms with Gasteiger partial charge in [0.2, 0.25) is 5.91 Å². The van der Waals surface area contributed by atoms with Crippen LogP contribution in [-0.4, -0.2) is 17.9 Å². The second-order valence-corrected chi connectivity index (χ2v) is 4.35. The first-order chi connectivity index (χ1) is 10.1. The molecular formula is C15H13N3O3. The summed E-state index contributed by atoms with van der Waals surface area (Å²) in [6, 6.07) is 10.8. The second kappa shape index (κ2) is 6.39. The molecule has 0 fully saturated rings. The molecule has 1 atom stereocenters. The predicted octanol–water partition coefficient (Wildman–Crippen LogP) is 1.91. The number of rotatable bonds is 4. The molecular weight excluding hydrogens is 270 g/mol. The van der Waals surface area contributed by atoms with E-state index >= 15 is 0 Å². The van der Waals surface area contributed by atoms with E-state index in [0.29, 0.717) is 11.3 Å². The molecule has 1 heterocycles. The van der Waals surface area contributed by atoms with E-state index in [4.69, 9.17) is 9.68 Å². The Morgan fingerprint density at radius 3 is 2.52 bits per heavy atom. The molecule has 2 rings (SSSR count). The minimum absolute atomic E-state index is 0.146. The Bertz CT molecular complexity index is 669. The molecule has 1 aromatic heterocycles. The van der Waals surface area contributed by atoms with E-state index in [-0.39, 0.29) is 11.7 Å². The average molecular weight is 283 g/mol. The van der Waals surface area contributed by atoms with Crippen molar-refractivity contribution in [2.24, 2.45) is 0 Å². The van der Waals surface area contributed by atoms with Crippen molar-refractivity contribution in [3.63, 3.8) is 0 Å². The van der Waals surface area contributed by atoms with Crippen molar-refractivity contribution in [1.29, 1.82) is 5.26 Å². The number of nitrogens with zero attached hydrogens (tertiary/aromatic N) is 1. The summed E-state index contributed by atoms with van der Waals surface area (Å²) < 4.78 is 4.95. The molecule has 0 aliphatic heterocycles. The molecule has 0 unspecified atom stereocenters. The Hall–Kier alpha value is -3.07. The Kier molecular flexibility index (Phi) is 4.36. The fourth-order valence-corrected chi connectivity index (χ4v) is 1.62. The summed E-state index contributed by atoms with van der Waals surface area (Å²) in [5.74, 6) is -0.671. The normalized spacial score (nSPS) is 11.2. The van der Waals surface area contributed by atoms with Crippen molar-refractivity contribution in [2.45, 2.75) is 13.0 Å². The lowest BCUT2D eigenvalue weighted by Gasteiger charge is -2.13. The molecule has 0 aliphatic rings. The van der Waals surface area contributed by atoms with Gasteiger partial charge in [-0.1, -0.05) is 0 Å². The number of carbonyl (C=O) groups is 2. The van der Waals surface area contributed by atoms with Gasteiger partial charge in [0, 0.05) is 5.69 Å². The Morgan fingerprint density at radius 1 is 1.24 bits per heavy atom. The molecule has 2 N–H and O–H groups in total. The van der Waals surface area contributed by atoms with Gasteiger partial charge in [-0.2, -0.15) is 5.26 Å². The van der Waals surface area contributed by atoms with Crippen LogP contribution in [0, 0.1) is 11.3 Å². The first kappa shape index (κ1) is 14.3. The molecule has 0 bridgehead atoms. The summed E-state index contributed by atoms with van der Waals surface area (Å²) in [5, 5.41) is 13.9. The zero-order valence-electron chi connectivity index (χ0n) is 11.3. The van der Waals surface area contributed by atoms with Crippen molar-refractivity contribution < 1.29 is 14.0 Å². The number of nitriles is 1. The van der Waals surface area contributed by atoms with Crippen LogP contribution in [0.3, 0.4) is 0 Å². The third kappa shape index (κ3) is 3.70. The molecule has 2 amide bonds. The number of nitrogens with one attached hydrogen (secondary N) is 2. The third-order valence-electron chi connectivity index (χ3n) is 2.77. The molecule has 2 aromatic rings. The monoisotopic (exact) mass is 283 g/mol. The van der Waals surface area contributed by atoms with E-state index in [1.807, 2.05) is 6.07 Å². The van der Waals surface area contributed by atoms with Gasteiger partial charge in [0.1, 0.15) is 6.04 Å². The van der Waals surface area contributed by atoms with Crippen LogP contribution >= 0.6 is 0 Å². The zero-order valence-corrected chi connectivity index (χ0v) is 11.3. The highest BCUT2D eigenvalue weighted by Crippen LogP contribution is 2.09. The SMILES string of the molecule is C[C@@H](NC(=O)c1ccco1)C(=O)Nc1ccc(C#N)cc1. The van der Waals surface area contributed by atoms with E-state index in [0.717, 1.165) is 0 Å². The number of benzene rings is 1. The fourth-order valence-electron chi connectivity index (χ4n) is 1.62. The van der Waals surface area contributed by atoms with E-state index < -0.39 is 11.9 Å². The zero-order chi connectivity index (χ0) is 15.2. The lowest BCUT2D eigenvalue weighted by Crippen LogP contribution is -2.41. The molecule has 1 aromatic carbocycles. The van der Waals surface area contributed by atoms with Crippen molar-refractivity contribution in [3.05, 3.63) is 54.0 Å². The van der Waals surface area contributed by atoms with Gasteiger partial charge in [0.15, 0.2) is 5.76 Å². The smallest absolute Gasteiger partial charge is 0.287 e. The summed E-state index contributed by atoms with van der Waals surface area (Å²) in [6.07, 6.45) is 1.39. The number of carbonyl (C=O) groups excluding carboxylic acids is 2. The van der Waals surface area contributed by atoms with Gasteiger partial charge in [-0.15, -0.1) is 0 Å². The van der Waals surface area contributed by atoms with Gasteiger partial charge >= 0.3 is 0 Å². The van der Waals surface area contributed by atoms with E-state index in [1.54, 1.807) is 37.3 Å². The van der Waals surface area contributed by atoms with Crippen LogP contribution in [0.1, 0.15) is 23.0 Å². The van der Waals surface area contributed by atoms with Crippen LogP contribution in [0.15, 0.2) is 47.1 Å². The van der Waals surface area contributed by atoms with Gasteiger partial charge < -0.3 is 15.1 Å². The highest BCUT2D eigenvalue weighted by Gasteiger charge is 2.18. The standard InChI is InChI=1S/C15H13N3O3/c1-10(17-15(20)13-3-2-8-21-13)14(19)18-12-6-4-11(9-16)5-7-12/h2-8,10H,1H3,(H,17,20)(H,18,19)/t10-/m1/s1. The first-order valence-electron chi connectivity index (χ1n) is 6.25. The van der Waals surface area contributed by atoms with Gasteiger partial charge in [0.25, 0.3) is 5.91 Å². The largest absolute Gasteiger partial charge is 0.459 e. The van der Waals surface area contributed by atoms with Crippen molar-refractivity contribution >= 4 is 17.5 Å². The second-order valence-electron chi connectivity index (χ2n) is 4.35. The number of anilines is 1. The molecule has 0 aliphatic carbocycles. The lowest BCUT2D eigenvalue weighted by atomic mass is 10.2. The molecule has 0 saturated carbocycles. The van der Waals surface area contributed by atoms with E-state index in [1.165, 1.54) is 12.3 Å². The van der Waals surface area contributed by atoms with Crippen LogP contribution in [0.2, 0.25) is 0 Å². The molecule has 0 radical (unpaired) electrons. The number of amides is 2. The Labute approximate surface area is 121 Å². The first-order valence-corrected chi connectivity index (χ1v) is 6.25. The number of hydrogen-bond donors (Lipinski definition) is 2. The van der Waals surface area contributed by atoms with Crippen LogP contribution in [0.5, 0.6) is 0 Å². The van der Waals surface area contributed by atoms with Gasteiger partial charge in [-0.25, -0.2) is 0 Å². The fraction of sp³-hybridized carbons (Fsp3) is 0.133. The van der Waals surface area contributed by atoms with Crippen LogP contribution in [0.4, 0.5) is 5.69 Å². The van der Waals surface area contributed by atoms with Crippen LogP contribution in [0.25, 0.3) is 0 Å². The quantitative estimate of drug-likeness (QED) is 0.896. The van der Waals surface area contributed by atoms with E-state index in [9.17, 15) is 9.59 Å². The maximum Gasteiger partial charge on any atom is 0.287 e. The highest BCUT2D eigenvalue weighted by atomic mass is 16.3. The van der Waals surface area contributed by atoms with Crippen molar-refractivity contribution in [3.8, 4) is 6.07 Å². The highest BCUT2D eigenvalue weighted by molar-refractivity contribution is 5.99. The van der Waals surface area contributed by atoms with E-state index in [2.05, 4.69) is 10.6 Å². The third-order valence-corrected chi connectivity index (χ3v) is 2.77. The Morgan fingerprint density at radius 2 is 1.95 bits per heavy atom. The minimum atomic E-state index is -0.724. The van der Waals surface area contributed by atoms with Gasteiger partial charge in [-0.3, -0.25) is 9.59 Å². The van der Waals surface area contributed by atoms with Crippen molar-refractivity contribution in [2.75, 3.05) is 5.32 Å². The summed E-state index contributed by atoms with van der Waals surface area (Å²) >= 11 is 0. The average Bonchev–Trinajstić information content (AvgIpc) is 3.02. The van der Waals surface area contributed by atoms with Gasteiger partial charge in [0.05, 0.1) is 17.9 Å². The molecule has 0 saturated heterocycles. The molecule has 106 valence electrons. The molecule has 6 heteroatoms. The number of furan rings is 1. The van der Waals surface area contributed by atoms with Gasteiger partial charge in [-0.05, 0) is 43.3 Å². The maximum absolute atomic E-state index is 12.0. The maximum atomic E-state index is 12.0. The summed E-state index contributed by atoms with van der Waals surface area (Å²) in [4.78, 5) is 23.7. The topological polar surface area (TPSA) is 95.1 Å². The summed E-state index contributed by atoms with van der Waals surface area (Å²) in [6.45, 7) is 1.57. The molecule has 6 nitrogen and oxygen atoms in total. The minimum Gasteiger partial charge on any atom is -0.459 e. The summed E-state index contributed by atoms with van der Waals surface area (Å²) in [7, 11) is 0.